The minimum atomic E-state index is 0. The molecule has 3 aliphatic rings. The van der Waals surface area contributed by atoms with Gasteiger partial charge < -0.3 is 10.2 Å². The molecule has 4 heteroatoms. The number of benzene rings is 1. The van der Waals surface area contributed by atoms with E-state index in [1.54, 1.807) is 0 Å². The van der Waals surface area contributed by atoms with Crippen LogP contribution in [0.2, 0.25) is 0 Å². The number of carbonyl (C=O) groups is 1. The van der Waals surface area contributed by atoms with Crippen molar-refractivity contribution in [1.29, 1.82) is 0 Å². The average molecular weight is 405 g/mol. The summed E-state index contributed by atoms with van der Waals surface area (Å²) in [4.78, 5) is 14.9. The van der Waals surface area contributed by atoms with Crippen molar-refractivity contribution >= 4 is 18.3 Å². The number of halogens is 1. The fourth-order valence-electron chi connectivity index (χ4n) is 5.90. The fourth-order valence-corrected chi connectivity index (χ4v) is 5.90. The Morgan fingerprint density at radius 1 is 1.07 bits per heavy atom. The lowest BCUT2D eigenvalue weighted by Gasteiger charge is -2.38. The molecular weight excluding hydrogens is 368 g/mol. The van der Waals surface area contributed by atoms with Crippen molar-refractivity contribution in [2.75, 3.05) is 26.2 Å². The molecule has 28 heavy (non-hydrogen) atoms. The third-order valence-electron chi connectivity index (χ3n) is 7.62. The molecule has 0 radical (unpaired) electrons. The molecule has 1 saturated carbocycles. The van der Waals surface area contributed by atoms with E-state index in [0.717, 1.165) is 57.2 Å². The minimum Gasteiger partial charge on any atom is -0.343 e. The molecule has 3 nitrogen and oxygen atoms in total. The van der Waals surface area contributed by atoms with E-state index in [9.17, 15) is 4.79 Å². The maximum absolute atomic E-state index is 12.8. The van der Waals surface area contributed by atoms with Crippen molar-refractivity contribution in [2.24, 2.45) is 17.3 Å². The van der Waals surface area contributed by atoms with Crippen LogP contribution in [0.3, 0.4) is 0 Å². The van der Waals surface area contributed by atoms with Crippen LogP contribution in [0.1, 0.15) is 63.4 Å². The zero-order valence-electron chi connectivity index (χ0n) is 17.2. The maximum atomic E-state index is 12.8. The van der Waals surface area contributed by atoms with Crippen molar-refractivity contribution in [1.82, 2.24) is 10.2 Å². The van der Waals surface area contributed by atoms with Gasteiger partial charge in [0.05, 0.1) is 0 Å². The summed E-state index contributed by atoms with van der Waals surface area (Å²) in [5.74, 6) is 1.87. The number of amides is 1. The van der Waals surface area contributed by atoms with E-state index >= 15 is 0 Å². The molecule has 2 heterocycles. The predicted octanol–water partition coefficient (Wildman–Crippen LogP) is 4.84. The molecule has 0 aromatic heterocycles. The van der Waals surface area contributed by atoms with E-state index in [1.807, 2.05) is 0 Å². The minimum absolute atomic E-state index is 0. The van der Waals surface area contributed by atoms with Gasteiger partial charge in [0, 0.05) is 26.1 Å². The van der Waals surface area contributed by atoms with Gasteiger partial charge in [0.25, 0.3) is 0 Å². The SMILES string of the molecule is Cl.O=C(CCC1CNCC12CCCCC2)N1CCC(Cc2ccccc2)CC1. The molecule has 1 aliphatic carbocycles. The van der Waals surface area contributed by atoms with Gasteiger partial charge in [0.2, 0.25) is 5.91 Å². The first kappa shape index (κ1) is 21.6. The van der Waals surface area contributed by atoms with Crippen molar-refractivity contribution in [3.63, 3.8) is 0 Å². The van der Waals surface area contributed by atoms with Gasteiger partial charge in [-0.15, -0.1) is 12.4 Å². The Kier molecular flexibility index (Phi) is 7.82. The molecule has 1 amide bonds. The van der Waals surface area contributed by atoms with E-state index in [4.69, 9.17) is 0 Å². The molecule has 1 unspecified atom stereocenters. The Hall–Kier alpha value is -1.06. The lowest BCUT2D eigenvalue weighted by Crippen LogP contribution is -2.39. The third-order valence-corrected chi connectivity index (χ3v) is 7.62. The van der Waals surface area contributed by atoms with Crippen LogP contribution in [0, 0.1) is 17.3 Å². The standard InChI is InChI=1S/C24H36N2O.ClH/c27-23(10-9-22-18-25-19-24(22)13-5-2-6-14-24)26-15-11-21(12-16-26)17-20-7-3-1-4-8-20;/h1,3-4,7-8,21-22,25H,2,5-6,9-19H2;1H. The second-order valence-corrected chi connectivity index (χ2v) is 9.30. The Morgan fingerprint density at radius 3 is 2.50 bits per heavy atom. The normalized spacial score (nSPS) is 24.9. The summed E-state index contributed by atoms with van der Waals surface area (Å²) in [5.41, 5.74) is 1.95. The number of rotatable bonds is 5. The second kappa shape index (κ2) is 10.1. The number of piperidine rings is 1. The van der Waals surface area contributed by atoms with Gasteiger partial charge in [0.1, 0.15) is 0 Å². The summed E-state index contributed by atoms with van der Waals surface area (Å²) in [7, 11) is 0. The summed E-state index contributed by atoms with van der Waals surface area (Å²) in [6, 6.07) is 10.8. The van der Waals surface area contributed by atoms with Gasteiger partial charge in [-0.3, -0.25) is 4.79 Å². The Balaban J connectivity index is 0.00000225. The number of nitrogens with one attached hydrogen (secondary N) is 1. The van der Waals surface area contributed by atoms with Crippen LogP contribution < -0.4 is 5.32 Å². The zero-order chi connectivity index (χ0) is 18.5. The van der Waals surface area contributed by atoms with Crippen LogP contribution in [0.5, 0.6) is 0 Å². The van der Waals surface area contributed by atoms with Crippen molar-refractivity contribution < 1.29 is 4.79 Å². The summed E-state index contributed by atoms with van der Waals surface area (Å²) in [6.07, 6.45) is 12.3. The summed E-state index contributed by atoms with van der Waals surface area (Å²) in [6.45, 7) is 4.25. The Morgan fingerprint density at radius 2 is 1.79 bits per heavy atom. The van der Waals surface area contributed by atoms with Crippen molar-refractivity contribution in [3.8, 4) is 0 Å². The first-order valence-electron chi connectivity index (χ1n) is 11.3. The summed E-state index contributed by atoms with van der Waals surface area (Å²) in [5, 5.41) is 3.64. The van der Waals surface area contributed by atoms with E-state index in [0.29, 0.717) is 11.3 Å². The molecular formula is C24H37ClN2O. The Bertz CT molecular complexity index is 606. The van der Waals surface area contributed by atoms with Crippen LogP contribution in [0.25, 0.3) is 0 Å². The second-order valence-electron chi connectivity index (χ2n) is 9.30. The van der Waals surface area contributed by atoms with Gasteiger partial charge in [-0.25, -0.2) is 0 Å². The fraction of sp³-hybridized carbons (Fsp3) is 0.708. The summed E-state index contributed by atoms with van der Waals surface area (Å²) >= 11 is 0. The van der Waals surface area contributed by atoms with E-state index in [-0.39, 0.29) is 12.4 Å². The van der Waals surface area contributed by atoms with Gasteiger partial charge in [-0.05, 0) is 67.9 Å². The average Bonchev–Trinajstić information content (AvgIpc) is 3.09. The van der Waals surface area contributed by atoms with Crippen LogP contribution in [-0.2, 0) is 11.2 Å². The van der Waals surface area contributed by atoms with Crippen LogP contribution >= 0.6 is 12.4 Å². The number of carbonyl (C=O) groups excluding carboxylic acids is 1. The van der Waals surface area contributed by atoms with Crippen LogP contribution in [-0.4, -0.2) is 37.0 Å². The van der Waals surface area contributed by atoms with E-state index in [2.05, 4.69) is 40.5 Å². The van der Waals surface area contributed by atoms with E-state index in [1.165, 1.54) is 50.6 Å². The molecule has 1 aromatic carbocycles. The molecule has 1 atom stereocenters. The monoisotopic (exact) mass is 404 g/mol. The molecule has 3 fully saturated rings. The molecule has 156 valence electrons. The molecule has 2 aliphatic heterocycles. The molecule has 4 rings (SSSR count). The highest BCUT2D eigenvalue weighted by Crippen LogP contribution is 2.46. The van der Waals surface area contributed by atoms with Gasteiger partial charge >= 0.3 is 0 Å². The zero-order valence-corrected chi connectivity index (χ0v) is 18.0. The van der Waals surface area contributed by atoms with Crippen LogP contribution in [0.4, 0.5) is 0 Å². The highest BCUT2D eigenvalue weighted by atomic mass is 35.5. The van der Waals surface area contributed by atoms with Crippen LogP contribution in [0.15, 0.2) is 30.3 Å². The topological polar surface area (TPSA) is 32.3 Å². The van der Waals surface area contributed by atoms with Gasteiger partial charge in [-0.2, -0.15) is 0 Å². The molecule has 2 saturated heterocycles. The Labute approximate surface area is 177 Å². The first-order valence-corrected chi connectivity index (χ1v) is 11.3. The molecule has 0 bridgehead atoms. The van der Waals surface area contributed by atoms with Crippen molar-refractivity contribution in [2.45, 2.75) is 64.2 Å². The van der Waals surface area contributed by atoms with Gasteiger partial charge in [0.15, 0.2) is 0 Å². The number of likely N-dealkylation sites (tertiary alicyclic amines) is 1. The lowest BCUT2D eigenvalue weighted by molar-refractivity contribution is -0.133. The highest BCUT2D eigenvalue weighted by Gasteiger charge is 2.43. The first-order chi connectivity index (χ1) is 13.3. The maximum Gasteiger partial charge on any atom is 0.222 e. The summed E-state index contributed by atoms with van der Waals surface area (Å²) < 4.78 is 0. The van der Waals surface area contributed by atoms with Crippen molar-refractivity contribution in [3.05, 3.63) is 35.9 Å². The van der Waals surface area contributed by atoms with Gasteiger partial charge in [-0.1, -0.05) is 49.6 Å². The van der Waals surface area contributed by atoms with E-state index < -0.39 is 0 Å². The molecule has 1 spiro atoms. The largest absolute Gasteiger partial charge is 0.343 e. The highest BCUT2D eigenvalue weighted by molar-refractivity contribution is 5.85. The number of hydrogen-bond acceptors (Lipinski definition) is 2. The number of hydrogen-bond donors (Lipinski definition) is 1. The lowest BCUT2D eigenvalue weighted by atomic mass is 9.66. The molecule has 1 aromatic rings. The number of nitrogens with zero attached hydrogens (tertiary/aromatic N) is 1. The quantitative estimate of drug-likeness (QED) is 0.761. The smallest absolute Gasteiger partial charge is 0.222 e. The molecule has 1 N–H and O–H groups in total. The third kappa shape index (κ3) is 5.10. The predicted molar refractivity (Wildman–Crippen MR) is 118 cm³/mol.